The number of ether oxygens (including phenoxy) is 1. The molecule has 0 aliphatic heterocycles. The Balaban J connectivity index is 2.83. The molecular weight excluding hydrogens is 180 g/mol. The van der Waals surface area contributed by atoms with E-state index in [1.165, 1.54) is 0 Å². The molecule has 0 heterocycles. The first-order valence-electron chi connectivity index (χ1n) is 4.50. The molecular formula is C11H14O3. The summed E-state index contributed by atoms with van der Waals surface area (Å²) in [5, 5.41) is 8.51. The fraction of sp³-hybridized carbons (Fsp3) is 0.364. The van der Waals surface area contributed by atoms with E-state index in [0.717, 1.165) is 11.1 Å². The van der Waals surface area contributed by atoms with Gasteiger partial charge in [-0.3, -0.25) is 0 Å². The van der Waals surface area contributed by atoms with Crippen LogP contribution in [0.25, 0.3) is 0 Å². The highest BCUT2D eigenvalue weighted by Crippen LogP contribution is 2.11. The summed E-state index contributed by atoms with van der Waals surface area (Å²) in [5.74, 6) is -0.375. The van der Waals surface area contributed by atoms with Gasteiger partial charge in [-0.05, 0) is 25.5 Å². The number of rotatable bonds is 3. The average Bonchev–Trinajstić information content (AvgIpc) is 2.18. The molecule has 0 aromatic heterocycles. The van der Waals surface area contributed by atoms with Gasteiger partial charge in [0.1, 0.15) is 6.61 Å². The van der Waals surface area contributed by atoms with Crippen molar-refractivity contribution in [2.24, 2.45) is 0 Å². The van der Waals surface area contributed by atoms with Crippen molar-refractivity contribution in [2.75, 3.05) is 13.2 Å². The van der Waals surface area contributed by atoms with Crippen LogP contribution in [0.3, 0.4) is 0 Å². The van der Waals surface area contributed by atoms with Gasteiger partial charge in [-0.1, -0.05) is 17.7 Å². The van der Waals surface area contributed by atoms with E-state index >= 15 is 0 Å². The standard InChI is InChI=1S/C11H14O3/c1-8-3-4-9(2)10(7-8)11(13)14-6-5-12/h3-4,7,12H,5-6H2,1-2H3. The van der Waals surface area contributed by atoms with Crippen LogP contribution in [0.4, 0.5) is 0 Å². The normalized spacial score (nSPS) is 9.93. The summed E-state index contributed by atoms with van der Waals surface area (Å²) < 4.78 is 4.82. The van der Waals surface area contributed by atoms with Crippen molar-refractivity contribution in [2.45, 2.75) is 13.8 Å². The lowest BCUT2D eigenvalue weighted by Gasteiger charge is -2.06. The number of hydrogen-bond donors (Lipinski definition) is 1. The maximum absolute atomic E-state index is 11.4. The maximum atomic E-state index is 11.4. The Labute approximate surface area is 83.3 Å². The van der Waals surface area contributed by atoms with E-state index in [2.05, 4.69) is 0 Å². The number of esters is 1. The summed E-state index contributed by atoms with van der Waals surface area (Å²) >= 11 is 0. The predicted octanol–water partition coefficient (Wildman–Crippen LogP) is 1.45. The number of aryl methyl sites for hydroxylation is 2. The molecule has 0 amide bonds. The lowest BCUT2D eigenvalue weighted by molar-refractivity contribution is 0.0433. The molecule has 0 bridgehead atoms. The SMILES string of the molecule is Cc1ccc(C)c(C(=O)OCCO)c1. The molecule has 0 spiro atoms. The van der Waals surface area contributed by atoms with Gasteiger partial charge >= 0.3 is 5.97 Å². The monoisotopic (exact) mass is 194 g/mol. The van der Waals surface area contributed by atoms with E-state index in [9.17, 15) is 4.79 Å². The van der Waals surface area contributed by atoms with Gasteiger partial charge in [0, 0.05) is 0 Å². The minimum atomic E-state index is -0.375. The fourth-order valence-corrected chi connectivity index (χ4v) is 1.17. The van der Waals surface area contributed by atoms with E-state index in [-0.39, 0.29) is 19.2 Å². The Bertz CT molecular complexity index is 331. The predicted molar refractivity (Wildman–Crippen MR) is 53.3 cm³/mol. The van der Waals surface area contributed by atoms with Crippen LogP contribution in [0, 0.1) is 13.8 Å². The molecule has 1 aromatic carbocycles. The summed E-state index contributed by atoms with van der Waals surface area (Å²) in [4.78, 5) is 11.4. The zero-order valence-electron chi connectivity index (χ0n) is 8.41. The number of carbonyl (C=O) groups is 1. The zero-order valence-corrected chi connectivity index (χ0v) is 8.41. The molecule has 3 heteroatoms. The van der Waals surface area contributed by atoms with Crippen molar-refractivity contribution in [3.05, 3.63) is 34.9 Å². The number of aliphatic hydroxyl groups excluding tert-OH is 1. The summed E-state index contributed by atoms with van der Waals surface area (Å²) in [5.41, 5.74) is 2.48. The first-order chi connectivity index (χ1) is 6.65. The van der Waals surface area contributed by atoms with Crippen molar-refractivity contribution in [3.8, 4) is 0 Å². The van der Waals surface area contributed by atoms with Gasteiger partial charge < -0.3 is 9.84 Å². The number of hydrogen-bond acceptors (Lipinski definition) is 3. The van der Waals surface area contributed by atoms with E-state index in [1.54, 1.807) is 6.07 Å². The molecule has 1 N–H and O–H groups in total. The molecule has 0 aliphatic rings. The maximum Gasteiger partial charge on any atom is 0.338 e. The molecule has 76 valence electrons. The Hall–Kier alpha value is -1.35. The largest absolute Gasteiger partial charge is 0.460 e. The third-order valence-corrected chi connectivity index (χ3v) is 1.94. The van der Waals surface area contributed by atoms with Crippen LogP contribution >= 0.6 is 0 Å². The van der Waals surface area contributed by atoms with Gasteiger partial charge in [0.05, 0.1) is 12.2 Å². The van der Waals surface area contributed by atoms with Crippen LogP contribution in [-0.2, 0) is 4.74 Å². The van der Waals surface area contributed by atoms with Crippen molar-refractivity contribution in [1.82, 2.24) is 0 Å². The second-order valence-electron chi connectivity index (χ2n) is 3.18. The Morgan fingerprint density at radius 1 is 1.43 bits per heavy atom. The van der Waals surface area contributed by atoms with E-state index < -0.39 is 0 Å². The molecule has 0 saturated heterocycles. The minimum Gasteiger partial charge on any atom is -0.460 e. The Kier molecular flexibility index (Phi) is 3.65. The third-order valence-electron chi connectivity index (χ3n) is 1.94. The average molecular weight is 194 g/mol. The second-order valence-corrected chi connectivity index (χ2v) is 3.18. The highest BCUT2D eigenvalue weighted by Gasteiger charge is 2.09. The molecule has 0 radical (unpaired) electrons. The summed E-state index contributed by atoms with van der Waals surface area (Å²) in [7, 11) is 0. The van der Waals surface area contributed by atoms with Gasteiger partial charge in [-0.2, -0.15) is 0 Å². The topological polar surface area (TPSA) is 46.5 Å². The van der Waals surface area contributed by atoms with Crippen LogP contribution < -0.4 is 0 Å². The first kappa shape index (κ1) is 10.7. The quantitative estimate of drug-likeness (QED) is 0.741. The summed E-state index contributed by atoms with van der Waals surface area (Å²) in [6, 6.07) is 5.61. The molecule has 1 rings (SSSR count). The number of carbonyl (C=O) groups excluding carboxylic acids is 1. The van der Waals surface area contributed by atoms with E-state index in [0.29, 0.717) is 5.56 Å². The lowest BCUT2D eigenvalue weighted by atomic mass is 10.1. The van der Waals surface area contributed by atoms with Crippen molar-refractivity contribution in [3.63, 3.8) is 0 Å². The molecule has 0 atom stereocenters. The number of aliphatic hydroxyl groups is 1. The van der Waals surface area contributed by atoms with Gasteiger partial charge in [-0.15, -0.1) is 0 Å². The van der Waals surface area contributed by atoms with Crippen LogP contribution in [0.1, 0.15) is 21.5 Å². The smallest absolute Gasteiger partial charge is 0.338 e. The molecule has 1 aromatic rings. The molecule has 14 heavy (non-hydrogen) atoms. The Morgan fingerprint density at radius 2 is 2.14 bits per heavy atom. The zero-order chi connectivity index (χ0) is 10.6. The fourth-order valence-electron chi connectivity index (χ4n) is 1.17. The van der Waals surface area contributed by atoms with Crippen LogP contribution in [0.2, 0.25) is 0 Å². The Morgan fingerprint density at radius 3 is 2.79 bits per heavy atom. The number of benzene rings is 1. The van der Waals surface area contributed by atoms with Gasteiger partial charge in [0.25, 0.3) is 0 Å². The van der Waals surface area contributed by atoms with Crippen LogP contribution in [0.5, 0.6) is 0 Å². The van der Waals surface area contributed by atoms with Crippen molar-refractivity contribution < 1.29 is 14.6 Å². The molecule has 3 nitrogen and oxygen atoms in total. The van der Waals surface area contributed by atoms with E-state index in [1.807, 2.05) is 26.0 Å². The lowest BCUT2D eigenvalue weighted by Crippen LogP contribution is -2.10. The molecule has 0 fully saturated rings. The minimum absolute atomic E-state index is 0.0478. The van der Waals surface area contributed by atoms with Gasteiger partial charge in [0.15, 0.2) is 0 Å². The summed E-state index contributed by atoms with van der Waals surface area (Å²) in [6.45, 7) is 3.68. The third kappa shape index (κ3) is 2.57. The van der Waals surface area contributed by atoms with Crippen molar-refractivity contribution in [1.29, 1.82) is 0 Å². The van der Waals surface area contributed by atoms with Crippen LogP contribution in [-0.4, -0.2) is 24.3 Å². The first-order valence-corrected chi connectivity index (χ1v) is 4.50. The van der Waals surface area contributed by atoms with Crippen molar-refractivity contribution >= 4 is 5.97 Å². The molecule has 0 aliphatic carbocycles. The van der Waals surface area contributed by atoms with Gasteiger partial charge in [0.2, 0.25) is 0 Å². The summed E-state index contributed by atoms with van der Waals surface area (Å²) in [6.07, 6.45) is 0. The highest BCUT2D eigenvalue weighted by molar-refractivity contribution is 5.91. The van der Waals surface area contributed by atoms with Crippen LogP contribution in [0.15, 0.2) is 18.2 Å². The molecule has 0 unspecified atom stereocenters. The molecule has 0 saturated carbocycles. The van der Waals surface area contributed by atoms with Gasteiger partial charge in [-0.25, -0.2) is 4.79 Å². The second kappa shape index (κ2) is 4.77. The van der Waals surface area contributed by atoms with E-state index in [4.69, 9.17) is 9.84 Å². The highest BCUT2D eigenvalue weighted by atomic mass is 16.5.